The summed E-state index contributed by atoms with van der Waals surface area (Å²) in [6.07, 6.45) is 5.62. The van der Waals surface area contributed by atoms with E-state index in [0.29, 0.717) is 5.41 Å². The lowest BCUT2D eigenvalue weighted by Gasteiger charge is -2.32. The van der Waals surface area contributed by atoms with Gasteiger partial charge in [-0.1, -0.05) is 434 Å². The van der Waals surface area contributed by atoms with Crippen LogP contribution in [-0.2, 0) is 62.6 Å². The van der Waals surface area contributed by atoms with E-state index in [1.807, 2.05) is 32.9 Å². The number of benzene rings is 7. The zero-order valence-electron chi connectivity index (χ0n) is 82.2. The molecule has 111 heavy (non-hydrogen) atoms. The average Bonchev–Trinajstić information content (AvgIpc) is 0.750. The van der Waals surface area contributed by atoms with E-state index in [9.17, 15) is 13.2 Å². The van der Waals surface area contributed by atoms with E-state index in [2.05, 4.69) is 375 Å². The molecular formula is C108H171F3. The van der Waals surface area contributed by atoms with Gasteiger partial charge in [0.1, 0.15) is 0 Å². The van der Waals surface area contributed by atoms with Gasteiger partial charge in [-0.3, -0.25) is 0 Å². The highest BCUT2D eigenvalue weighted by Gasteiger charge is 2.47. The topological polar surface area (TPSA) is 0 Å². The van der Waals surface area contributed by atoms with Crippen LogP contribution in [-0.4, -0.2) is 6.18 Å². The molecule has 7 rings (SSSR count). The summed E-state index contributed by atoms with van der Waals surface area (Å²) in [7, 11) is 0. The fourth-order valence-corrected chi connectivity index (χ4v) is 15.2. The van der Waals surface area contributed by atoms with Crippen molar-refractivity contribution in [3.8, 4) is 0 Å². The Morgan fingerprint density at radius 3 is 0.784 bits per heavy atom. The highest BCUT2D eigenvalue weighted by atomic mass is 19.4. The van der Waals surface area contributed by atoms with E-state index < -0.39 is 29.3 Å². The van der Waals surface area contributed by atoms with Crippen molar-refractivity contribution >= 4 is 0 Å². The monoisotopic (exact) mass is 1530 g/mol. The standard InChI is InChI=1S/C20H34.C15H21F3.3C15H24.2C14H22/c1-8-15(9-2)17-13-12-14-18(16(10-3)11-4)19(17)20(5,6)7;1-13(2,3)12-9-7-6-8-11(12)10-14(4,5)15(16,17)18;1-14(2,3)11-12-9-7-8-10-13(12)15(4,5)6;2*1-6-12(7-2)13-10-8-9-11-14(13)15(3,4)5;1-13(2,3)11-9-7-8-10-12(11)14(4,5)6;1-11(2)10-12-8-6-7-9-13(12)14(3,4)5/h12-16H,8-11H2,1-7H3;6-9H,10H2,1-5H3;7-10H,11H2,1-6H3;2*8-12H,6-7H2,1-5H3;7-10H,1-6H3;6-9,11H,10H2,1-5H3/i15D,16D;;;12D;;;. The molecule has 0 aliphatic rings. The first-order chi connectivity index (χ1) is 51.7. The minimum absolute atomic E-state index is 0.0178. The second-order valence-electron chi connectivity index (χ2n) is 41.7. The van der Waals surface area contributed by atoms with E-state index in [1.54, 1.807) is 17.7 Å². The van der Waals surface area contributed by atoms with E-state index >= 15 is 0 Å². The predicted molar refractivity (Wildman–Crippen MR) is 493 cm³/mol. The molecule has 0 saturated carbocycles. The van der Waals surface area contributed by atoms with Gasteiger partial charge in [0.15, 0.2) is 0 Å². The van der Waals surface area contributed by atoms with Crippen molar-refractivity contribution in [3.63, 3.8) is 0 Å². The lowest BCUT2D eigenvalue weighted by Crippen LogP contribution is -2.34. The van der Waals surface area contributed by atoms with Crippen molar-refractivity contribution in [2.45, 2.75) is 414 Å². The van der Waals surface area contributed by atoms with Gasteiger partial charge in [0.25, 0.3) is 0 Å². The number of halogens is 3. The number of hydrogen-bond acceptors (Lipinski definition) is 0. The summed E-state index contributed by atoms with van der Waals surface area (Å²) >= 11 is 0. The molecule has 0 bridgehead atoms. The van der Waals surface area contributed by atoms with Crippen LogP contribution in [0.3, 0.4) is 0 Å². The summed E-state index contributed by atoms with van der Waals surface area (Å²) in [6.45, 7) is 84.8. The van der Waals surface area contributed by atoms with Gasteiger partial charge < -0.3 is 0 Å². The summed E-state index contributed by atoms with van der Waals surface area (Å²) in [4.78, 5) is 0. The third-order valence-corrected chi connectivity index (χ3v) is 21.2. The summed E-state index contributed by atoms with van der Waals surface area (Å²) in [5.74, 6) is -0.0785. The Kier molecular flexibility index (Phi) is 39.1. The van der Waals surface area contributed by atoms with Gasteiger partial charge in [-0.15, -0.1) is 0 Å². The molecule has 0 N–H and O–H groups in total. The molecule has 0 heterocycles. The van der Waals surface area contributed by atoms with Crippen LogP contribution in [0.2, 0.25) is 0 Å². The molecule has 0 fully saturated rings. The van der Waals surface area contributed by atoms with Crippen molar-refractivity contribution in [1.29, 1.82) is 0 Å². The molecule has 7 aromatic rings. The van der Waals surface area contributed by atoms with E-state index in [0.717, 1.165) is 79.0 Å². The van der Waals surface area contributed by atoms with E-state index in [-0.39, 0.29) is 49.7 Å². The first kappa shape index (κ1) is 97.7. The van der Waals surface area contributed by atoms with Gasteiger partial charge in [0, 0.05) is 4.11 Å². The van der Waals surface area contributed by atoms with Crippen LogP contribution in [0.4, 0.5) is 13.2 Å². The first-order valence-electron chi connectivity index (χ1n) is 44.5. The van der Waals surface area contributed by atoms with Crippen molar-refractivity contribution in [1.82, 2.24) is 0 Å². The lowest BCUT2D eigenvalue weighted by atomic mass is 9.73. The Morgan fingerprint density at radius 1 is 0.261 bits per heavy atom. The van der Waals surface area contributed by atoms with Crippen LogP contribution >= 0.6 is 0 Å². The Bertz CT molecular complexity index is 3830. The summed E-state index contributed by atoms with van der Waals surface area (Å²) in [6, 6.07) is 57.5. The molecule has 0 nitrogen and oxygen atoms in total. The molecule has 0 unspecified atom stereocenters. The van der Waals surface area contributed by atoms with Crippen LogP contribution < -0.4 is 0 Å². The Labute approximate surface area is 691 Å². The SMILES string of the molecule is CC(C)(C)Cc1ccccc1C(C)(C)C.CC(C)(C)c1ccccc1C(C)(C)C.CC(C)(C)c1ccccc1CC(C)(C)C(F)(F)F.CC(C)Cc1ccccc1C(C)(C)C.CCC(CC)c1ccccc1C(C)(C)C.[2H]C(CC)(CC)c1cccc(C([2H])(CC)CC)c1C(C)(C)C.[2H]C(CC)(CC)c1ccccc1C(C)(C)C. The maximum Gasteiger partial charge on any atom is 0.394 e. The highest BCUT2D eigenvalue weighted by molar-refractivity contribution is 5.45. The summed E-state index contributed by atoms with van der Waals surface area (Å²) in [5.41, 5.74) is 19.6. The van der Waals surface area contributed by atoms with Gasteiger partial charge in [0.2, 0.25) is 0 Å². The summed E-state index contributed by atoms with van der Waals surface area (Å²) < 4.78 is 65.3. The molecule has 0 aliphatic carbocycles. The van der Waals surface area contributed by atoms with Crippen molar-refractivity contribution in [2.24, 2.45) is 16.7 Å². The molecule has 0 amide bonds. The molecule has 0 atom stereocenters. The van der Waals surface area contributed by atoms with E-state index in [4.69, 9.17) is 4.11 Å². The van der Waals surface area contributed by atoms with Gasteiger partial charge >= 0.3 is 6.18 Å². The van der Waals surface area contributed by atoms with Crippen molar-refractivity contribution < 1.29 is 17.3 Å². The molecule has 0 spiro atoms. The van der Waals surface area contributed by atoms with Crippen LogP contribution in [0, 0.1) is 16.7 Å². The third kappa shape index (κ3) is 34.7. The van der Waals surface area contributed by atoms with Crippen molar-refractivity contribution in [3.05, 3.63) is 247 Å². The quantitative estimate of drug-likeness (QED) is 0.0852. The maximum absolute atomic E-state index is 12.9. The third-order valence-electron chi connectivity index (χ3n) is 21.2. The fourth-order valence-electron chi connectivity index (χ4n) is 15.2. The van der Waals surface area contributed by atoms with Gasteiger partial charge in [-0.25, -0.2) is 0 Å². The highest BCUT2D eigenvalue weighted by Crippen LogP contribution is 2.44. The normalized spacial score (nSPS) is 13.4. The largest absolute Gasteiger partial charge is 0.394 e. The van der Waals surface area contributed by atoms with Gasteiger partial charge in [-0.2, -0.15) is 13.2 Å². The van der Waals surface area contributed by atoms with Crippen LogP contribution in [0.1, 0.15) is 433 Å². The molecule has 0 radical (unpaired) electrons. The second-order valence-corrected chi connectivity index (χ2v) is 41.7. The van der Waals surface area contributed by atoms with Crippen LogP contribution in [0.15, 0.2) is 164 Å². The molecular weight excluding hydrogens is 1350 g/mol. The predicted octanol–water partition coefficient (Wildman–Crippen LogP) is 34.7. The molecule has 3 heteroatoms. The number of hydrogen-bond donors (Lipinski definition) is 0. The minimum Gasteiger partial charge on any atom is -0.171 e. The fraction of sp³-hybridized carbons (Fsp3) is 0.611. The molecule has 0 saturated heterocycles. The molecule has 0 aromatic heterocycles. The Morgan fingerprint density at radius 2 is 0.505 bits per heavy atom. The van der Waals surface area contributed by atoms with Crippen molar-refractivity contribution in [2.75, 3.05) is 0 Å². The zero-order valence-corrected chi connectivity index (χ0v) is 79.2. The lowest BCUT2D eigenvalue weighted by molar-refractivity contribution is -0.211. The molecule has 624 valence electrons. The molecule has 0 aliphatic heterocycles. The number of rotatable bonds is 17. The molecule has 7 aromatic carbocycles. The zero-order chi connectivity index (χ0) is 88.7. The average molecular weight is 1530 g/mol. The van der Waals surface area contributed by atoms with Crippen LogP contribution in [0.5, 0.6) is 0 Å². The summed E-state index contributed by atoms with van der Waals surface area (Å²) in [5, 5.41) is 0. The van der Waals surface area contributed by atoms with Gasteiger partial charge in [-0.05, 0) is 232 Å². The minimum atomic E-state index is -4.18. The van der Waals surface area contributed by atoms with E-state index in [1.165, 1.54) is 88.7 Å². The smallest absolute Gasteiger partial charge is 0.171 e. The number of alkyl halides is 3. The second kappa shape index (κ2) is 44.4. The Balaban J connectivity index is 0.000000669. The van der Waals surface area contributed by atoms with Gasteiger partial charge in [0.05, 0.1) is 5.41 Å². The first-order valence-corrected chi connectivity index (χ1v) is 43.0. The van der Waals surface area contributed by atoms with Crippen LogP contribution in [0.25, 0.3) is 0 Å². The Hall–Kier alpha value is -5.67. The maximum atomic E-state index is 12.9.